The van der Waals surface area contributed by atoms with Crippen LogP contribution in [0.4, 0.5) is 31.0 Å². The highest BCUT2D eigenvalue weighted by molar-refractivity contribution is 7.90. The molecule has 7 fully saturated rings. The van der Waals surface area contributed by atoms with E-state index in [9.17, 15) is 51.8 Å². The van der Waals surface area contributed by atoms with Gasteiger partial charge in [0, 0.05) is 161 Å². The molecule has 0 spiro atoms. The molecule has 18 rings (SSSR count). The Kier molecular flexibility index (Phi) is 39.0. The fourth-order valence-corrected chi connectivity index (χ4v) is 21.9. The van der Waals surface area contributed by atoms with Gasteiger partial charge in [-0.05, 0) is 309 Å². The molecule has 7 saturated heterocycles. The van der Waals surface area contributed by atoms with Crippen molar-refractivity contribution in [2.24, 2.45) is 17.4 Å². The summed E-state index contributed by atoms with van der Waals surface area (Å²) in [6.45, 7) is 53.4. The number of likely N-dealkylation sites (tertiary alicyclic amines) is 6. The monoisotopic (exact) mass is 1910 g/mol. The Morgan fingerprint density at radius 3 is 1.48 bits per heavy atom. The number of fused-ring (bicyclic) bond motifs is 5. The number of anilines is 3. The molecule has 137 heavy (non-hydrogen) atoms. The number of piperazine rings is 1. The number of piperidine rings is 6. The molecule has 9 aliphatic rings. The maximum absolute atomic E-state index is 13.0. The predicted molar refractivity (Wildman–Crippen MR) is 552 cm³/mol. The number of nitrogens with two attached hydrogens (primary N) is 2. The second kappa shape index (κ2) is 49.8. The summed E-state index contributed by atoms with van der Waals surface area (Å²) in [5.74, 6) is -0.0955. The Morgan fingerprint density at radius 2 is 0.934 bits per heavy atom. The number of primary amides is 1. The summed E-state index contributed by atoms with van der Waals surface area (Å²) in [5, 5.41) is 25.5. The number of aliphatic hydroxyl groups excluding tert-OH is 1. The standard InChI is InChI=1S/C16H23FN2O.C16H23N3O2.C16H23N3O.2C16H21N3O.C15H21N3O3S.C8H17NO.C3H9N/c1-11(2)19-9-7-13(8-10-19)15(16(18)20)12-3-5-14(17)6-4-12;1-11(2)18-7-5-13(6-8-18)19-10-12-9-14(20)3-4-15(12)17-16(19)21;1-12(2)18-10-8-16(3,9-11-18)19-14-7-5-4-6-13(14)17-15(19)20;1-12(2)18-7-9-19(10-8-18)15-11-13-5-3-4-6-14(13)17-16(15)20;1-11(2)19-9-7-12(8-10-19)15-16(20)18-14-6-4-3-5-13(14)17-15;1-11(2)17-9-7-12(8-10-17)18-15(19)16-13-5-3-4-6-14(13)22(18,20)21;1-7(2)9-5-3-8(10)4-6-9;1-3(2)4/h3-6,11,13,15H,7-10H2,1-2H3,(H2,18,20);3-4,9,11,13,20H,5-8,10H2,1-2H3,(H,17,21);4-7,12H,8-11H2,1-3H3,(H,17,20);3-6,11-12H,7-10H2,1-2H3,(H,17,20);3-6,11-12H,7-10H2,1-2H3,(H,18,20);3-6,11-12H,7-10H2,1-2H3,(H,16,19);7-8,10H,3-6H2,1-2H3;3H,4H2,1-2H3. The van der Waals surface area contributed by atoms with Gasteiger partial charge in [0.25, 0.3) is 21.1 Å². The van der Waals surface area contributed by atoms with Crippen LogP contribution in [0.25, 0.3) is 33.0 Å². The van der Waals surface area contributed by atoms with E-state index in [1.807, 2.05) is 102 Å². The minimum absolute atomic E-state index is 0.0155. The van der Waals surface area contributed by atoms with E-state index in [0.717, 1.165) is 229 Å². The number of nitrogens with zero attached hydrogens (tertiary/aromatic N) is 12. The van der Waals surface area contributed by atoms with Crippen molar-refractivity contribution >= 4 is 78.0 Å². The van der Waals surface area contributed by atoms with E-state index in [4.69, 9.17) is 11.5 Å². The Balaban J connectivity index is 0.000000153. The molecule has 0 bridgehead atoms. The van der Waals surface area contributed by atoms with E-state index in [1.165, 1.54) is 12.1 Å². The van der Waals surface area contributed by atoms with Gasteiger partial charge in [-0.1, -0.05) is 80.6 Å². The number of halogens is 1. The number of sulfonamides is 1. The van der Waals surface area contributed by atoms with Crippen LogP contribution in [0.15, 0.2) is 165 Å². The smallest absolute Gasteiger partial charge is 0.336 e. The molecular formula is C106H158FN19O10S. The normalized spacial score (nSPS) is 19.6. The van der Waals surface area contributed by atoms with Crippen LogP contribution in [0, 0.1) is 11.7 Å². The Labute approximate surface area is 811 Å². The second-order valence-corrected chi connectivity index (χ2v) is 42.6. The molecule has 9 aromatic rings. The number of aliphatic hydroxyl groups is 1. The number of H-pyrrole nitrogens is 3. The number of nitrogens with one attached hydrogen (secondary N) is 5. The van der Waals surface area contributed by atoms with Crippen LogP contribution in [-0.2, 0) is 26.9 Å². The van der Waals surface area contributed by atoms with Crippen molar-refractivity contribution in [2.45, 2.75) is 290 Å². The maximum Gasteiger partial charge on any atom is 0.336 e. The van der Waals surface area contributed by atoms with Gasteiger partial charge in [0.1, 0.15) is 27.8 Å². The first kappa shape index (κ1) is 107. The van der Waals surface area contributed by atoms with E-state index in [-0.39, 0.29) is 80.8 Å². The largest absolute Gasteiger partial charge is 0.508 e. The zero-order valence-corrected chi connectivity index (χ0v) is 85.2. The summed E-state index contributed by atoms with van der Waals surface area (Å²) in [7, 11) is -3.77. The van der Waals surface area contributed by atoms with E-state index in [2.05, 4.69) is 174 Å². The molecule has 11 N–H and O–H groups in total. The molecule has 6 aromatic carbocycles. The highest BCUT2D eigenvalue weighted by Crippen LogP contribution is 2.38. The number of hydrogen-bond acceptors (Lipinski definition) is 20. The predicted octanol–water partition coefficient (Wildman–Crippen LogP) is 15.5. The van der Waals surface area contributed by atoms with Crippen LogP contribution >= 0.6 is 0 Å². The molecule has 5 amide bonds. The molecule has 0 saturated carbocycles. The molecule has 9 aliphatic heterocycles. The van der Waals surface area contributed by atoms with Crippen molar-refractivity contribution in [1.82, 2.24) is 68.0 Å². The van der Waals surface area contributed by atoms with E-state index in [0.29, 0.717) is 85.0 Å². The molecule has 0 radical (unpaired) electrons. The molecule has 12 heterocycles. The van der Waals surface area contributed by atoms with E-state index in [1.54, 1.807) is 54.6 Å². The third kappa shape index (κ3) is 28.9. The number of amides is 5. The molecule has 1 unspecified atom stereocenters. The highest BCUT2D eigenvalue weighted by atomic mass is 32.2. The summed E-state index contributed by atoms with van der Waals surface area (Å²) < 4.78 is 41.6. The van der Waals surface area contributed by atoms with Gasteiger partial charge in [-0.3, -0.25) is 23.9 Å². The van der Waals surface area contributed by atoms with Crippen LogP contribution in [0.2, 0.25) is 0 Å². The summed E-state index contributed by atoms with van der Waals surface area (Å²) in [4.78, 5) is 108. The second-order valence-electron chi connectivity index (χ2n) is 40.8. The number of carbonyl (C=O) groups excluding carboxylic acids is 3. The summed E-state index contributed by atoms with van der Waals surface area (Å²) in [5.41, 5.74) is 19.7. The molecule has 1 atom stereocenters. The van der Waals surface area contributed by atoms with Gasteiger partial charge < -0.3 is 86.5 Å². The minimum Gasteiger partial charge on any atom is -0.508 e. The number of hydrogen-bond donors (Lipinski definition) is 9. The zero-order valence-electron chi connectivity index (χ0n) is 84.4. The quantitative estimate of drug-likeness (QED) is 0.0431. The SMILES string of the molecule is CC(C)N.CC(C)N1CCC(C(C(N)=O)c2ccc(F)cc2)CC1.CC(C)N1CCC(C)(n2c(=O)[nH]c3ccccc32)CC1.CC(C)N1CCC(N2C(=O)Nc3ccccc3S2(=O)=O)CC1.CC(C)N1CCC(N2Cc3cc(O)ccc3NC2=O)CC1.CC(C)N1CCC(O)CC1.CC(C)N1CCC(c2nc3ccccc3[nH]c2=O)CC1.CC(C)N1CCN(c2cc3ccccc3[nH]c2=O)CC1. The molecule has 29 nitrogen and oxygen atoms in total. The third-order valence-corrected chi connectivity index (χ3v) is 30.6. The lowest BCUT2D eigenvalue weighted by Gasteiger charge is -2.41. The Bertz CT molecular complexity index is 5530. The van der Waals surface area contributed by atoms with Gasteiger partial charge in [-0.25, -0.2) is 36.5 Å². The molecule has 3 aromatic heterocycles. The average Bonchev–Trinajstić information content (AvgIpc) is 1.40. The summed E-state index contributed by atoms with van der Waals surface area (Å²) in [6, 6.07) is 47.2. The summed E-state index contributed by atoms with van der Waals surface area (Å²) >= 11 is 0. The number of aromatic amines is 3. The fourth-order valence-electron chi connectivity index (χ4n) is 20.2. The lowest BCUT2D eigenvalue weighted by molar-refractivity contribution is -0.121. The van der Waals surface area contributed by atoms with Crippen molar-refractivity contribution in [2.75, 3.05) is 120 Å². The van der Waals surface area contributed by atoms with Gasteiger partial charge in [0.15, 0.2) is 0 Å². The van der Waals surface area contributed by atoms with Gasteiger partial charge in [0.05, 0.1) is 45.8 Å². The molecule has 31 heteroatoms. The van der Waals surface area contributed by atoms with Crippen LogP contribution in [-0.4, -0.2) is 276 Å². The zero-order chi connectivity index (χ0) is 99.3. The number of imidazole rings is 1. The number of pyridine rings is 1. The number of urea groups is 2. The van der Waals surface area contributed by atoms with Crippen molar-refractivity contribution in [3.05, 3.63) is 199 Å². The number of carbonyl (C=O) groups is 3. The van der Waals surface area contributed by atoms with Crippen LogP contribution in [0.5, 0.6) is 5.75 Å². The van der Waals surface area contributed by atoms with Gasteiger partial charge >= 0.3 is 17.8 Å². The highest BCUT2D eigenvalue weighted by Gasteiger charge is 2.43. The Morgan fingerprint density at radius 1 is 0.482 bits per heavy atom. The first-order chi connectivity index (χ1) is 65.2. The first-order valence-electron chi connectivity index (χ1n) is 50.3. The minimum atomic E-state index is -3.77. The fraction of sp³-hybridized carbons (Fsp3) is 0.575. The van der Waals surface area contributed by atoms with Gasteiger partial charge in [-0.2, -0.15) is 0 Å². The lowest BCUT2D eigenvalue weighted by atomic mass is 9.79. The average molecular weight is 1910 g/mol. The van der Waals surface area contributed by atoms with Crippen LogP contribution in [0.1, 0.15) is 223 Å². The molecule has 0 aliphatic carbocycles. The number of rotatable bonds is 15. The van der Waals surface area contributed by atoms with Crippen LogP contribution in [0.3, 0.4) is 0 Å². The van der Waals surface area contributed by atoms with Crippen LogP contribution < -0.4 is 43.8 Å². The Hall–Kier alpha value is -9.93. The topological polar surface area (TPSA) is 351 Å². The van der Waals surface area contributed by atoms with E-state index >= 15 is 0 Å². The maximum atomic E-state index is 13.0. The van der Waals surface area contributed by atoms with Crippen molar-refractivity contribution < 1.29 is 37.4 Å². The van der Waals surface area contributed by atoms with Crippen molar-refractivity contribution in [3.8, 4) is 5.75 Å². The number of para-hydroxylation sites is 6. The first-order valence-corrected chi connectivity index (χ1v) is 51.7. The summed E-state index contributed by atoms with van der Waals surface area (Å²) in [6.07, 6.45) is 11.3. The lowest BCUT2D eigenvalue weighted by Crippen LogP contribution is -2.54. The van der Waals surface area contributed by atoms with Gasteiger partial charge in [0.2, 0.25) is 5.91 Å². The number of aromatic hydroxyl groups is 1. The van der Waals surface area contributed by atoms with Crippen molar-refractivity contribution in [3.63, 3.8) is 0 Å². The number of benzene rings is 6. The van der Waals surface area contributed by atoms with Crippen molar-refractivity contribution in [1.29, 1.82) is 0 Å². The number of phenolic OH excluding ortho intramolecular Hbond substituents is 1. The number of phenols is 1. The van der Waals surface area contributed by atoms with Gasteiger partial charge in [-0.15, -0.1) is 0 Å². The number of aromatic nitrogens is 5. The third-order valence-electron chi connectivity index (χ3n) is 28.7. The molecule has 750 valence electrons. The van der Waals surface area contributed by atoms with E-state index < -0.39 is 16.1 Å². The molecular weight excluding hydrogens is 1750 g/mol.